The highest BCUT2D eigenvalue weighted by molar-refractivity contribution is 5.79. The van der Waals surface area contributed by atoms with E-state index in [1.54, 1.807) is 0 Å². The first-order valence-corrected chi connectivity index (χ1v) is 5.60. The number of hydrogen-bond donors (Lipinski definition) is 3. The first-order chi connectivity index (χ1) is 7.22. The summed E-state index contributed by atoms with van der Waals surface area (Å²) >= 11 is 0. The van der Waals surface area contributed by atoms with Crippen LogP contribution in [-0.4, -0.2) is 48.7 Å². The van der Waals surface area contributed by atoms with Crippen molar-refractivity contribution in [3.05, 3.63) is 0 Å². The second kappa shape index (κ2) is 6.63. The number of amidine groups is 1. The summed E-state index contributed by atoms with van der Waals surface area (Å²) in [5, 5.41) is 14.8. The van der Waals surface area contributed by atoms with E-state index in [1.807, 2.05) is 0 Å². The monoisotopic (exact) mass is 214 g/mol. The van der Waals surface area contributed by atoms with Crippen LogP contribution in [0.2, 0.25) is 0 Å². The number of likely N-dealkylation sites (tertiary alicyclic amines) is 1. The van der Waals surface area contributed by atoms with Crippen molar-refractivity contribution in [2.75, 3.05) is 26.7 Å². The molecule has 15 heavy (non-hydrogen) atoms. The third kappa shape index (κ3) is 4.99. The molecule has 5 nitrogen and oxygen atoms in total. The van der Waals surface area contributed by atoms with Crippen molar-refractivity contribution in [1.82, 2.24) is 10.2 Å². The molecule has 1 saturated heterocycles. The predicted octanol–water partition coefficient (Wildman–Crippen LogP) is 0.197. The van der Waals surface area contributed by atoms with Crippen molar-refractivity contribution >= 4 is 5.84 Å². The normalized spacial score (nSPS) is 23.5. The molecule has 0 radical (unpaired) electrons. The van der Waals surface area contributed by atoms with Crippen LogP contribution >= 0.6 is 0 Å². The van der Waals surface area contributed by atoms with Crippen LogP contribution in [0.3, 0.4) is 0 Å². The SMILES string of the molecule is CN1CCC(NCCCCC(N)=NO)C1. The van der Waals surface area contributed by atoms with Gasteiger partial charge in [-0.15, -0.1) is 0 Å². The Hall–Kier alpha value is -0.810. The van der Waals surface area contributed by atoms with Crippen molar-refractivity contribution in [3.63, 3.8) is 0 Å². The van der Waals surface area contributed by atoms with Crippen molar-refractivity contribution in [3.8, 4) is 0 Å². The molecule has 0 bridgehead atoms. The van der Waals surface area contributed by atoms with Gasteiger partial charge in [0.1, 0.15) is 5.84 Å². The lowest BCUT2D eigenvalue weighted by Gasteiger charge is -2.12. The van der Waals surface area contributed by atoms with E-state index >= 15 is 0 Å². The Bertz CT molecular complexity index is 208. The maximum atomic E-state index is 8.33. The Morgan fingerprint density at radius 1 is 1.60 bits per heavy atom. The van der Waals surface area contributed by atoms with Crippen molar-refractivity contribution in [2.24, 2.45) is 10.9 Å². The quantitative estimate of drug-likeness (QED) is 0.194. The van der Waals surface area contributed by atoms with Gasteiger partial charge in [-0.1, -0.05) is 5.16 Å². The Balaban J connectivity index is 1.93. The standard InChI is InChI=1S/C10H22N4O/c1-14-7-5-9(8-14)12-6-3-2-4-10(11)13-15/h9,12,15H,2-8H2,1H3,(H2,11,13). The molecule has 1 fully saturated rings. The molecule has 1 atom stereocenters. The van der Waals surface area contributed by atoms with E-state index < -0.39 is 0 Å². The van der Waals surface area contributed by atoms with E-state index in [0.29, 0.717) is 18.3 Å². The first-order valence-electron chi connectivity index (χ1n) is 5.60. The van der Waals surface area contributed by atoms with Crippen LogP contribution in [0.5, 0.6) is 0 Å². The number of hydrogen-bond acceptors (Lipinski definition) is 4. The Labute approximate surface area is 91.3 Å². The molecular formula is C10H22N4O. The summed E-state index contributed by atoms with van der Waals surface area (Å²) in [6.07, 6.45) is 3.99. The molecule has 88 valence electrons. The summed E-state index contributed by atoms with van der Waals surface area (Å²) in [5.74, 6) is 0.329. The molecule has 5 heteroatoms. The molecule has 0 aliphatic carbocycles. The highest BCUT2D eigenvalue weighted by Crippen LogP contribution is 2.06. The van der Waals surface area contributed by atoms with Gasteiger partial charge in [0.15, 0.2) is 0 Å². The molecule has 0 aromatic carbocycles. The molecule has 0 amide bonds. The minimum absolute atomic E-state index is 0.329. The summed E-state index contributed by atoms with van der Waals surface area (Å²) in [5.41, 5.74) is 5.37. The van der Waals surface area contributed by atoms with Crippen LogP contribution in [0.15, 0.2) is 5.16 Å². The molecule has 0 aromatic heterocycles. The lowest BCUT2D eigenvalue weighted by molar-refractivity contribution is 0.316. The average Bonchev–Trinajstić information content (AvgIpc) is 2.63. The van der Waals surface area contributed by atoms with Crippen LogP contribution in [0.4, 0.5) is 0 Å². The van der Waals surface area contributed by atoms with E-state index in [0.717, 1.165) is 25.9 Å². The summed E-state index contributed by atoms with van der Waals surface area (Å²) in [6.45, 7) is 3.37. The van der Waals surface area contributed by atoms with Gasteiger partial charge in [-0.25, -0.2) is 0 Å². The van der Waals surface area contributed by atoms with E-state index in [9.17, 15) is 0 Å². The molecule has 0 saturated carbocycles. The smallest absolute Gasteiger partial charge is 0.139 e. The van der Waals surface area contributed by atoms with E-state index in [4.69, 9.17) is 10.9 Å². The second-order valence-electron chi connectivity index (χ2n) is 4.25. The van der Waals surface area contributed by atoms with Gasteiger partial charge in [0, 0.05) is 19.0 Å². The fraction of sp³-hybridized carbons (Fsp3) is 0.900. The molecule has 4 N–H and O–H groups in total. The van der Waals surface area contributed by atoms with E-state index in [1.165, 1.54) is 13.0 Å². The lowest BCUT2D eigenvalue weighted by atomic mass is 10.2. The maximum absolute atomic E-state index is 8.33. The van der Waals surface area contributed by atoms with Crippen LogP contribution in [0, 0.1) is 0 Å². The van der Waals surface area contributed by atoms with E-state index in [2.05, 4.69) is 22.4 Å². The molecule has 1 heterocycles. The summed E-state index contributed by atoms with van der Waals surface area (Å²) in [4.78, 5) is 2.34. The Morgan fingerprint density at radius 3 is 3.00 bits per heavy atom. The molecule has 1 aliphatic rings. The van der Waals surface area contributed by atoms with Gasteiger partial charge in [-0.05, 0) is 39.4 Å². The third-order valence-corrected chi connectivity index (χ3v) is 2.81. The largest absolute Gasteiger partial charge is 0.409 e. The van der Waals surface area contributed by atoms with Crippen LogP contribution in [0.1, 0.15) is 25.7 Å². The molecule has 1 unspecified atom stereocenters. The number of rotatable bonds is 6. The second-order valence-corrected chi connectivity index (χ2v) is 4.25. The molecule has 1 aliphatic heterocycles. The van der Waals surface area contributed by atoms with Crippen LogP contribution in [-0.2, 0) is 0 Å². The zero-order chi connectivity index (χ0) is 11.1. The average molecular weight is 214 g/mol. The Kier molecular flexibility index (Phi) is 5.42. The zero-order valence-electron chi connectivity index (χ0n) is 9.45. The summed E-state index contributed by atoms with van der Waals surface area (Å²) < 4.78 is 0. The maximum Gasteiger partial charge on any atom is 0.139 e. The number of nitrogens with two attached hydrogens (primary N) is 1. The fourth-order valence-corrected chi connectivity index (χ4v) is 1.89. The third-order valence-electron chi connectivity index (χ3n) is 2.81. The number of nitrogens with zero attached hydrogens (tertiary/aromatic N) is 2. The van der Waals surface area contributed by atoms with Gasteiger partial charge in [-0.3, -0.25) is 0 Å². The number of unbranched alkanes of at least 4 members (excludes halogenated alkanes) is 1. The zero-order valence-corrected chi connectivity index (χ0v) is 9.45. The number of oxime groups is 1. The lowest BCUT2D eigenvalue weighted by Crippen LogP contribution is -2.32. The van der Waals surface area contributed by atoms with Gasteiger partial charge in [0.05, 0.1) is 0 Å². The summed E-state index contributed by atoms with van der Waals surface area (Å²) in [7, 11) is 2.15. The van der Waals surface area contributed by atoms with E-state index in [-0.39, 0.29) is 0 Å². The highest BCUT2D eigenvalue weighted by Gasteiger charge is 2.17. The number of nitrogens with one attached hydrogen (secondary N) is 1. The van der Waals surface area contributed by atoms with Gasteiger partial charge >= 0.3 is 0 Å². The molecular weight excluding hydrogens is 192 g/mol. The Morgan fingerprint density at radius 2 is 2.40 bits per heavy atom. The minimum atomic E-state index is 0.329. The van der Waals surface area contributed by atoms with Crippen molar-refractivity contribution < 1.29 is 5.21 Å². The first kappa shape index (κ1) is 12.3. The van der Waals surface area contributed by atoms with Gasteiger partial charge in [-0.2, -0.15) is 0 Å². The van der Waals surface area contributed by atoms with Crippen LogP contribution in [0.25, 0.3) is 0 Å². The van der Waals surface area contributed by atoms with Gasteiger partial charge < -0.3 is 21.2 Å². The van der Waals surface area contributed by atoms with Crippen molar-refractivity contribution in [1.29, 1.82) is 0 Å². The summed E-state index contributed by atoms with van der Waals surface area (Å²) in [6, 6.07) is 0.652. The van der Waals surface area contributed by atoms with Gasteiger partial charge in [0.2, 0.25) is 0 Å². The number of likely N-dealkylation sites (N-methyl/N-ethyl adjacent to an activating group) is 1. The minimum Gasteiger partial charge on any atom is -0.409 e. The van der Waals surface area contributed by atoms with Crippen molar-refractivity contribution in [2.45, 2.75) is 31.7 Å². The topological polar surface area (TPSA) is 73.9 Å². The molecule has 0 spiro atoms. The highest BCUT2D eigenvalue weighted by atomic mass is 16.4. The van der Waals surface area contributed by atoms with Gasteiger partial charge in [0.25, 0.3) is 0 Å². The van der Waals surface area contributed by atoms with Crippen LogP contribution < -0.4 is 11.1 Å². The fourth-order valence-electron chi connectivity index (χ4n) is 1.89. The predicted molar refractivity (Wildman–Crippen MR) is 61.2 cm³/mol. The molecule has 1 rings (SSSR count). The molecule has 0 aromatic rings.